The molecular formula is C25H25ClN4O4S2. The lowest BCUT2D eigenvalue weighted by molar-refractivity contribution is 0.0985. The highest BCUT2D eigenvalue weighted by Gasteiger charge is 2.23. The number of halogens is 1. The largest absolute Gasteiger partial charge is 0.494 e. The van der Waals surface area contributed by atoms with Crippen LogP contribution in [-0.4, -0.2) is 58.5 Å². The van der Waals surface area contributed by atoms with Crippen molar-refractivity contribution in [2.45, 2.75) is 4.90 Å². The van der Waals surface area contributed by atoms with Crippen molar-refractivity contribution in [1.29, 1.82) is 0 Å². The Morgan fingerprint density at radius 2 is 1.72 bits per heavy atom. The second-order valence-electron chi connectivity index (χ2n) is 8.18. The van der Waals surface area contributed by atoms with E-state index in [0.29, 0.717) is 45.8 Å². The molecule has 0 aliphatic carbocycles. The van der Waals surface area contributed by atoms with Crippen LogP contribution in [0.4, 0.5) is 10.8 Å². The summed E-state index contributed by atoms with van der Waals surface area (Å²) in [5, 5.41) is 1.03. The molecule has 1 N–H and O–H groups in total. The van der Waals surface area contributed by atoms with Crippen LogP contribution in [0, 0.1) is 0 Å². The summed E-state index contributed by atoms with van der Waals surface area (Å²) >= 11 is 7.71. The van der Waals surface area contributed by atoms with E-state index in [1.54, 1.807) is 66.6 Å². The number of rotatable bonds is 9. The number of methoxy groups -OCH3 is 1. The highest BCUT2D eigenvalue weighted by Crippen LogP contribution is 2.39. The van der Waals surface area contributed by atoms with Gasteiger partial charge in [0.2, 0.25) is 0 Å². The van der Waals surface area contributed by atoms with Gasteiger partial charge in [0.25, 0.3) is 15.9 Å². The van der Waals surface area contributed by atoms with Crippen LogP contribution in [0.5, 0.6) is 5.75 Å². The molecule has 0 saturated carbocycles. The van der Waals surface area contributed by atoms with Crippen LogP contribution < -0.4 is 14.4 Å². The smallest absolute Gasteiger partial charge is 0.261 e. The number of likely N-dealkylation sites (N-methyl/N-ethyl adjacent to an activating group) is 1. The minimum absolute atomic E-state index is 0.157. The first-order valence-corrected chi connectivity index (χ1v) is 13.6. The molecule has 0 fully saturated rings. The van der Waals surface area contributed by atoms with E-state index in [-0.39, 0.29) is 10.8 Å². The van der Waals surface area contributed by atoms with Crippen LogP contribution in [0.1, 0.15) is 10.4 Å². The predicted molar refractivity (Wildman–Crippen MR) is 145 cm³/mol. The summed E-state index contributed by atoms with van der Waals surface area (Å²) in [4.78, 5) is 22.0. The molecular weight excluding hydrogens is 520 g/mol. The molecule has 0 bridgehead atoms. The average Bonchev–Trinajstić information content (AvgIpc) is 3.31. The zero-order valence-electron chi connectivity index (χ0n) is 19.9. The molecule has 0 saturated heterocycles. The number of aromatic nitrogens is 1. The normalized spacial score (nSPS) is 11.6. The second kappa shape index (κ2) is 10.8. The minimum atomic E-state index is -3.73. The summed E-state index contributed by atoms with van der Waals surface area (Å²) in [6.45, 7) is 1.01. The van der Waals surface area contributed by atoms with Gasteiger partial charge in [-0.05, 0) is 62.6 Å². The number of sulfonamides is 1. The van der Waals surface area contributed by atoms with E-state index in [1.807, 2.05) is 19.0 Å². The molecule has 188 valence electrons. The van der Waals surface area contributed by atoms with Crippen LogP contribution in [0.3, 0.4) is 0 Å². The summed E-state index contributed by atoms with van der Waals surface area (Å²) < 4.78 is 33.9. The fourth-order valence-electron chi connectivity index (χ4n) is 3.46. The molecule has 11 heteroatoms. The third kappa shape index (κ3) is 5.62. The van der Waals surface area contributed by atoms with Crippen LogP contribution >= 0.6 is 22.9 Å². The fourth-order valence-corrected chi connectivity index (χ4v) is 5.82. The third-order valence-corrected chi connectivity index (χ3v) is 8.29. The average molecular weight is 545 g/mol. The molecule has 0 atom stereocenters. The second-order valence-corrected chi connectivity index (χ2v) is 11.2. The van der Waals surface area contributed by atoms with Gasteiger partial charge in [0.1, 0.15) is 11.3 Å². The van der Waals surface area contributed by atoms with Crippen molar-refractivity contribution in [2.24, 2.45) is 0 Å². The van der Waals surface area contributed by atoms with Crippen molar-refractivity contribution in [3.8, 4) is 5.75 Å². The Hall–Kier alpha value is -3.18. The van der Waals surface area contributed by atoms with Gasteiger partial charge < -0.3 is 9.64 Å². The first kappa shape index (κ1) is 25.9. The van der Waals surface area contributed by atoms with Crippen molar-refractivity contribution in [2.75, 3.05) is 43.9 Å². The molecule has 4 rings (SSSR count). The fraction of sp³-hybridized carbons (Fsp3) is 0.200. The Labute approximate surface area is 219 Å². The molecule has 1 heterocycles. The van der Waals surface area contributed by atoms with Crippen molar-refractivity contribution in [3.63, 3.8) is 0 Å². The zero-order valence-corrected chi connectivity index (χ0v) is 22.3. The highest BCUT2D eigenvalue weighted by molar-refractivity contribution is 7.92. The van der Waals surface area contributed by atoms with Gasteiger partial charge in [-0.3, -0.25) is 14.4 Å². The molecule has 4 aromatic rings. The molecule has 1 aromatic heterocycles. The highest BCUT2D eigenvalue weighted by atomic mass is 35.5. The Morgan fingerprint density at radius 1 is 1.03 bits per heavy atom. The summed E-state index contributed by atoms with van der Waals surface area (Å²) in [5.41, 5.74) is 1.35. The van der Waals surface area contributed by atoms with E-state index in [0.717, 1.165) is 4.70 Å². The van der Waals surface area contributed by atoms with Gasteiger partial charge in [0.15, 0.2) is 5.13 Å². The number of benzene rings is 3. The molecule has 0 aliphatic heterocycles. The van der Waals surface area contributed by atoms with E-state index in [4.69, 9.17) is 16.3 Å². The SMILES string of the molecule is COc1ccc(Cl)c2sc(N(CCN(C)C)C(=O)c3ccc(NS(=O)(=O)c4ccccc4)cc3)nc12. The van der Waals surface area contributed by atoms with Gasteiger partial charge in [-0.1, -0.05) is 41.1 Å². The molecule has 3 aromatic carbocycles. The standard InChI is InChI=1S/C25H25ClN4O4S2/c1-29(2)15-16-30(25-27-22-21(34-3)14-13-20(26)23(22)35-25)24(31)17-9-11-18(12-10-17)28-36(32,33)19-7-5-4-6-8-19/h4-14,28H,15-16H2,1-3H3. The lowest BCUT2D eigenvalue weighted by Gasteiger charge is -2.22. The molecule has 0 spiro atoms. The molecule has 0 aliphatic rings. The van der Waals surface area contributed by atoms with Gasteiger partial charge in [-0.15, -0.1) is 0 Å². The number of hydrogen-bond acceptors (Lipinski definition) is 7. The molecule has 8 nitrogen and oxygen atoms in total. The Morgan fingerprint density at radius 3 is 2.36 bits per heavy atom. The Bertz CT molecular complexity index is 1470. The zero-order chi connectivity index (χ0) is 25.9. The maximum atomic E-state index is 13.6. The van der Waals surface area contributed by atoms with Crippen LogP contribution in [0.2, 0.25) is 5.02 Å². The van der Waals surface area contributed by atoms with E-state index in [1.165, 1.54) is 23.5 Å². The van der Waals surface area contributed by atoms with Gasteiger partial charge >= 0.3 is 0 Å². The number of carbonyl (C=O) groups is 1. The summed E-state index contributed by atoms with van der Waals surface area (Å²) in [6, 6.07) is 17.9. The number of nitrogens with zero attached hydrogens (tertiary/aromatic N) is 3. The first-order chi connectivity index (χ1) is 17.2. The van der Waals surface area contributed by atoms with Crippen molar-refractivity contribution < 1.29 is 17.9 Å². The molecule has 36 heavy (non-hydrogen) atoms. The summed E-state index contributed by atoms with van der Waals surface area (Å²) in [7, 11) is 1.68. The minimum Gasteiger partial charge on any atom is -0.494 e. The van der Waals surface area contributed by atoms with Gasteiger partial charge in [0, 0.05) is 24.3 Å². The Balaban J connectivity index is 1.62. The van der Waals surface area contributed by atoms with E-state index >= 15 is 0 Å². The van der Waals surface area contributed by atoms with Gasteiger partial charge in [0.05, 0.1) is 21.7 Å². The number of thiazole rings is 1. The maximum Gasteiger partial charge on any atom is 0.261 e. The Kier molecular flexibility index (Phi) is 7.79. The van der Waals surface area contributed by atoms with Crippen molar-refractivity contribution >= 4 is 59.9 Å². The number of nitrogens with one attached hydrogen (secondary N) is 1. The third-order valence-electron chi connectivity index (χ3n) is 5.35. The monoisotopic (exact) mass is 544 g/mol. The molecule has 0 radical (unpaired) electrons. The summed E-state index contributed by atoms with van der Waals surface area (Å²) in [5.74, 6) is 0.315. The van der Waals surface area contributed by atoms with Crippen LogP contribution in [0.15, 0.2) is 71.6 Å². The van der Waals surface area contributed by atoms with Gasteiger partial charge in [-0.2, -0.15) is 0 Å². The molecule has 0 unspecified atom stereocenters. The number of amides is 1. The number of carbonyl (C=O) groups excluding carboxylic acids is 1. The number of hydrogen-bond donors (Lipinski definition) is 1. The first-order valence-electron chi connectivity index (χ1n) is 11.0. The number of ether oxygens (including phenoxy) is 1. The van der Waals surface area contributed by atoms with E-state index in [2.05, 4.69) is 9.71 Å². The predicted octanol–water partition coefficient (Wildman–Crippen LogP) is 4.97. The number of fused-ring (bicyclic) bond motifs is 1. The van der Waals surface area contributed by atoms with E-state index in [9.17, 15) is 13.2 Å². The molecule has 1 amide bonds. The summed E-state index contributed by atoms with van der Waals surface area (Å²) in [6.07, 6.45) is 0. The van der Waals surface area contributed by atoms with E-state index < -0.39 is 10.0 Å². The lowest BCUT2D eigenvalue weighted by atomic mass is 10.2. The quantitative estimate of drug-likeness (QED) is 0.320. The van der Waals surface area contributed by atoms with Crippen molar-refractivity contribution in [1.82, 2.24) is 9.88 Å². The van der Waals surface area contributed by atoms with Crippen LogP contribution in [-0.2, 0) is 10.0 Å². The maximum absolute atomic E-state index is 13.6. The van der Waals surface area contributed by atoms with Crippen molar-refractivity contribution in [3.05, 3.63) is 77.3 Å². The number of anilines is 2. The topological polar surface area (TPSA) is 91.8 Å². The lowest BCUT2D eigenvalue weighted by Crippen LogP contribution is -2.36. The van der Waals surface area contributed by atoms with Gasteiger partial charge in [-0.25, -0.2) is 13.4 Å². The van der Waals surface area contributed by atoms with Crippen LogP contribution in [0.25, 0.3) is 10.2 Å².